The zero-order chi connectivity index (χ0) is 27.5. The lowest BCUT2D eigenvalue weighted by Gasteiger charge is -2.43. The quantitative estimate of drug-likeness (QED) is 0.383. The molecule has 2 aliphatic rings. The van der Waals surface area contributed by atoms with E-state index in [1.54, 1.807) is 12.2 Å². The highest BCUT2D eigenvalue weighted by Crippen LogP contribution is 2.35. The second-order valence-electron chi connectivity index (χ2n) is 10.4. The second-order valence-corrected chi connectivity index (χ2v) is 10.4. The molecular weight excluding hydrogens is 468 g/mol. The molecule has 2 aromatic rings. The highest BCUT2D eigenvalue weighted by molar-refractivity contribution is 6.02. The van der Waals surface area contributed by atoms with Gasteiger partial charge in [0.25, 0.3) is 5.91 Å². The third-order valence-electron chi connectivity index (χ3n) is 8.04. The van der Waals surface area contributed by atoms with E-state index >= 15 is 0 Å². The van der Waals surface area contributed by atoms with Crippen molar-refractivity contribution in [1.82, 2.24) is 4.90 Å². The van der Waals surface area contributed by atoms with Crippen LogP contribution in [0, 0.1) is 12.8 Å². The highest BCUT2D eigenvalue weighted by atomic mass is 16.2. The van der Waals surface area contributed by atoms with Crippen molar-refractivity contribution in [1.29, 1.82) is 0 Å². The number of carbonyl (C=O) groups is 2. The van der Waals surface area contributed by atoms with Gasteiger partial charge in [-0.3, -0.25) is 9.59 Å². The number of amides is 2. The molecule has 0 aliphatic heterocycles. The molecule has 1 atom stereocenters. The molecule has 2 aliphatic carbocycles. The molecule has 0 radical (unpaired) electrons. The van der Waals surface area contributed by atoms with Crippen LogP contribution in [0.2, 0.25) is 0 Å². The van der Waals surface area contributed by atoms with Gasteiger partial charge in [0, 0.05) is 17.3 Å². The minimum Gasteiger partial charge on any atom is -0.324 e. The molecule has 4 nitrogen and oxygen atoms in total. The SMILES string of the molecule is C=Cc1ccc(NC(=O)C(C2CCCCC2)N(C(=O)c2ccccc2C)C2CCCCC2)cc1C=C.CC. The van der Waals surface area contributed by atoms with Crippen molar-refractivity contribution < 1.29 is 9.59 Å². The molecule has 2 amide bonds. The van der Waals surface area contributed by atoms with E-state index in [0.29, 0.717) is 5.56 Å². The van der Waals surface area contributed by atoms with Crippen molar-refractivity contribution in [3.05, 3.63) is 77.9 Å². The lowest BCUT2D eigenvalue weighted by molar-refractivity contribution is -0.124. The summed E-state index contributed by atoms with van der Waals surface area (Å²) < 4.78 is 0. The molecule has 204 valence electrons. The number of anilines is 1. The normalized spacial score (nSPS) is 16.9. The molecule has 4 rings (SSSR count). The molecular formula is C34H46N2O2. The van der Waals surface area contributed by atoms with Gasteiger partial charge in [0.2, 0.25) is 5.91 Å². The zero-order valence-corrected chi connectivity index (χ0v) is 23.7. The Hall–Kier alpha value is -3.14. The minimum atomic E-state index is -0.480. The Kier molecular flexibility index (Phi) is 11.4. The van der Waals surface area contributed by atoms with Gasteiger partial charge in [-0.25, -0.2) is 0 Å². The van der Waals surface area contributed by atoms with Crippen LogP contribution in [0.5, 0.6) is 0 Å². The second kappa shape index (κ2) is 14.7. The molecule has 1 N–H and O–H groups in total. The van der Waals surface area contributed by atoms with Crippen LogP contribution in [0.15, 0.2) is 55.6 Å². The molecule has 0 aromatic heterocycles. The fourth-order valence-corrected chi connectivity index (χ4v) is 6.08. The van der Waals surface area contributed by atoms with E-state index < -0.39 is 6.04 Å². The molecule has 0 heterocycles. The van der Waals surface area contributed by atoms with Crippen molar-refractivity contribution >= 4 is 29.7 Å². The van der Waals surface area contributed by atoms with E-state index in [4.69, 9.17) is 0 Å². The average molecular weight is 515 g/mol. The predicted octanol–water partition coefficient (Wildman–Crippen LogP) is 8.67. The number of nitrogens with zero attached hydrogens (tertiary/aromatic N) is 1. The molecule has 38 heavy (non-hydrogen) atoms. The van der Waals surface area contributed by atoms with Crippen LogP contribution in [0.1, 0.15) is 105 Å². The van der Waals surface area contributed by atoms with Gasteiger partial charge in [0.15, 0.2) is 0 Å². The molecule has 4 heteroatoms. The smallest absolute Gasteiger partial charge is 0.255 e. The first-order chi connectivity index (χ1) is 18.5. The Labute approximate surface area is 230 Å². The number of aryl methyl sites for hydroxylation is 1. The number of hydrogen-bond acceptors (Lipinski definition) is 2. The van der Waals surface area contributed by atoms with Gasteiger partial charge < -0.3 is 10.2 Å². The summed E-state index contributed by atoms with van der Waals surface area (Å²) in [5, 5.41) is 3.19. The Morgan fingerprint density at radius 3 is 2.08 bits per heavy atom. The van der Waals surface area contributed by atoms with E-state index in [2.05, 4.69) is 18.5 Å². The number of benzene rings is 2. The third-order valence-corrected chi connectivity index (χ3v) is 8.04. The Morgan fingerprint density at radius 1 is 0.868 bits per heavy atom. The van der Waals surface area contributed by atoms with Gasteiger partial charge in [-0.05, 0) is 73.4 Å². The number of rotatable bonds is 8. The van der Waals surface area contributed by atoms with Crippen LogP contribution in [0.25, 0.3) is 12.2 Å². The van der Waals surface area contributed by atoms with Crippen LogP contribution >= 0.6 is 0 Å². The highest BCUT2D eigenvalue weighted by Gasteiger charge is 2.41. The Bertz CT molecular complexity index is 1090. The van der Waals surface area contributed by atoms with Crippen LogP contribution in [-0.4, -0.2) is 28.8 Å². The largest absolute Gasteiger partial charge is 0.324 e. The minimum absolute atomic E-state index is 0.000454. The summed E-state index contributed by atoms with van der Waals surface area (Å²) in [4.78, 5) is 30.3. The summed E-state index contributed by atoms with van der Waals surface area (Å²) in [5.74, 6) is 0.0928. The first kappa shape index (κ1) is 29.4. The number of nitrogens with one attached hydrogen (secondary N) is 1. The van der Waals surface area contributed by atoms with Crippen molar-refractivity contribution in [3.63, 3.8) is 0 Å². The van der Waals surface area contributed by atoms with E-state index in [0.717, 1.165) is 73.7 Å². The van der Waals surface area contributed by atoms with Gasteiger partial charge in [0.05, 0.1) is 0 Å². The molecule has 0 saturated heterocycles. The third kappa shape index (κ3) is 7.03. The maximum absolute atomic E-state index is 14.2. The Morgan fingerprint density at radius 2 is 1.47 bits per heavy atom. The van der Waals surface area contributed by atoms with E-state index in [1.165, 1.54) is 12.8 Å². The number of hydrogen-bond donors (Lipinski definition) is 1. The number of carbonyl (C=O) groups excluding carboxylic acids is 2. The molecule has 2 aromatic carbocycles. The van der Waals surface area contributed by atoms with Crippen molar-refractivity contribution in [3.8, 4) is 0 Å². The van der Waals surface area contributed by atoms with Crippen molar-refractivity contribution in [2.45, 2.75) is 97.1 Å². The van der Waals surface area contributed by atoms with Gasteiger partial charge in [-0.1, -0.05) is 102 Å². The summed E-state index contributed by atoms with van der Waals surface area (Å²) in [6, 6.07) is 13.2. The molecule has 1 unspecified atom stereocenters. The van der Waals surface area contributed by atoms with Crippen LogP contribution in [0.4, 0.5) is 5.69 Å². The molecule has 0 bridgehead atoms. The van der Waals surface area contributed by atoms with Crippen LogP contribution < -0.4 is 5.32 Å². The molecule has 0 spiro atoms. The van der Waals surface area contributed by atoms with Gasteiger partial charge >= 0.3 is 0 Å². The van der Waals surface area contributed by atoms with Gasteiger partial charge in [-0.2, -0.15) is 0 Å². The molecule has 2 fully saturated rings. The van der Waals surface area contributed by atoms with E-state index in [-0.39, 0.29) is 23.8 Å². The summed E-state index contributed by atoms with van der Waals surface area (Å²) in [7, 11) is 0. The maximum Gasteiger partial charge on any atom is 0.255 e. The first-order valence-corrected chi connectivity index (χ1v) is 14.6. The van der Waals surface area contributed by atoms with Crippen molar-refractivity contribution in [2.75, 3.05) is 5.32 Å². The van der Waals surface area contributed by atoms with E-state index in [1.807, 2.05) is 68.1 Å². The van der Waals surface area contributed by atoms with Gasteiger partial charge in [0.1, 0.15) is 6.04 Å². The fraction of sp³-hybridized carbons (Fsp3) is 0.471. The first-order valence-electron chi connectivity index (χ1n) is 14.6. The summed E-state index contributed by atoms with van der Waals surface area (Å²) >= 11 is 0. The zero-order valence-electron chi connectivity index (χ0n) is 23.7. The standard InChI is InChI=1S/C32H40N2O2.C2H6/c1-4-24-20-21-27(22-25(24)5-2)33-31(35)30(26-15-8-6-9-16-26)34(28-17-10-7-11-18-28)32(36)29-19-13-12-14-23(29)3;1-2/h4-5,12-14,19-22,26,28,30H,1-2,6-11,15-18H2,3H3,(H,33,35);1-2H3. The average Bonchev–Trinajstić information content (AvgIpc) is 2.97. The lowest BCUT2D eigenvalue weighted by atomic mass is 9.80. The van der Waals surface area contributed by atoms with Crippen LogP contribution in [-0.2, 0) is 4.79 Å². The predicted molar refractivity (Wildman–Crippen MR) is 161 cm³/mol. The molecule has 2 saturated carbocycles. The summed E-state index contributed by atoms with van der Waals surface area (Å²) in [6.07, 6.45) is 14.3. The summed E-state index contributed by atoms with van der Waals surface area (Å²) in [6.45, 7) is 13.8. The monoisotopic (exact) mass is 514 g/mol. The van der Waals surface area contributed by atoms with Gasteiger partial charge in [-0.15, -0.1) is 0 Å². The fourth-order valence-electron chi connectivity index (χ4n) is 6.08. The van der Waals surface area contributed by atoms with Crippen LogP contribution in [0.3, 0.4) is 0 Å². The maximum atomic E-state index is 14.2. The lowest BCUT2D eigenvalue weighted by Crippen LogP contribution is -2.56. The summed E-state index contributed by atoms with van der Waals surface area (Å²) in [5.41, 5.74) is 4.30. The van der Waals surface area contributed by atoms with E-state index in [9.17, 15) is 9.59 Å². The Balaban J connectivity index is 0.00000195. The topological polar surface area (TPSA) is 49.4 Å². The van der Waals surface area contributed by atoms with Crippen molar-refractivity contribution in [2.24, 2.45) is 5.92 Å².